The first-order valence-corrected chi connectivity index (χ1v) is 6.51. The van der Waals surface area contributed by atoms with Gasteiger partial charge in [0.1, 0.15) is 5.65 Å². The summed E-state index contributed by atoms with van der Waals surface area (Å²) in [6.07, 6.45) is 8.88. The third-order valence-electron chi connectivity index (χ3n) is 2.62. The van der Waals surface area contributed by atoms with Crippen LogP contribution in [0, 0.1) is 0 Å². The first kappa shape index (κ1) is 10.7. The van der Waals surface area contributed by atoms with Gasteiger partial charge in [-0.1, -0.05) is 22.4 Å². The molecule has 80 valence electrons. The molecule has 0 radical (unpaired) electrons. The molecule has 0 unspecified atom stereocenters. The van der Waals surface area contributed by atoms with Crippen molar-refractivity contribution in [2.45, 2.75) is 25.7 Å². The van der Waals surface area contributed by atoms with E-state index in [9.17, 15) is 0 Å². The second-order valence-electron chi connectivity index (χ2n) is 3.71. The number of hydrogen-bond acceptors (Lipinski definition) is 1. The van der Waals surface area contributed by atoms with Gasteiger partial charge >= 0.3 is 0 Å². The van der Waals surface area contributed by atoms with Gasteiger partial charge in [0.15, 0.2) is 0 Å². The molecule has 2 aromatic heterocycles. The highest BCUT2D eigenvalue weighted by atomic mass is 79.9. The number of aryl methyl sites for hydroxylation is 1. The van der Waals surface area contributed by atoms with Crippen molar-refractivity contribution in [3.8, 4) is 0 Å². The van der Waals surface area contributed by atoms with E-state index in [1.54, 1.807) is 0 Å². The molecule has 0 aliphatic carbocycles. The van der Waals surface area contributed by atoms with Gasteiger partial charge in [-0.2, -0.15) is 0 Å². The molecule has 0 amide bonds. The maximum absolute atomic E-state index is 4.28. The molecule has 0 aliphatic rings. The Bertz CT molecular complexity index is 422. The highest BCUT2D eigenvalue weighted by molar-refractivity contribution is 9.09. The van der Waals surface area contributed by atoms with Gasteiger partial charge < -0.3 is 4.98 Å². The summed E-state index contributed by atoms with van der Waals surface area (Å²) < 4.78 is 0. The van der Waals surface area contributed by atoms with Crippen molar-refractivity contribution < 1.29 is 0 Å². The van der Waals surface area contributed by atoms with Crippen LogP contribution >= 0.6 is 15.9 Å². The highest BCUT2D eigenvalue weighted by Crippen LogP contribution is 2.18. The van der Waals surface area contributed by atoms with Crippen molar-refractivity contribution in [2.75, 3.05) is 5.33 Å². The van der Waals surface area contributed by atoms with Crippen LogP contribution in [0.25, 0.3) is 11.0 Å². The molecular weight excluding hydrogens is 252 g/mol. The molecule has 2 rings (SSSR count). The lowest BCUT2D eigenvalue weighted by atomic mass is 10.1. The van der Waals surface area contributed by atoms with E-state index in [0.717, 1.165) is 17.4 Å². The summed E-state index contributed by atoms with van der Waals surface area (Å²) in [5.74, 6) is 0. The van der Waals surface area contributed by atoms with Crippen molar-refractivity contribution in [1.82, 2.24) is 9.97 Å². The Labute approximate surface area is 98.2 Å². The average molecular weight is 267 g/mol. The number of hydrogen-bond donors (Lipinski definition) is 1. The average Bonchev–Trinajstić information content (AvgIpc) is 2.68. The third kappa shape index (κ3) is 2.59. The number of alkyl halides is 1. The third-order valence-corrected chi connectivity index (χ3v) is 3.18. The number of rotatable bonds is 5. The zero-order chi connectivity index (χ0) is 10.5. The van der Waals surface area contributed by atoms with E-state index in [0.29, 0.717) is 0 Å². The summed E-state index contributed by atoms with van der Waals surface area (Å²) >= 11 is 3.45. The fourth-order valence-electron chi connectivity index (χ4n) is 1.81. The van der Waals surface area contributed by atoms with E-state index in [-0.39, 0.29) is 0 Å². The number of nitrogens with one attached hydrogen (secondary N) is 1. The molecule has 0 atom stereocenters. The van der Waals surface area contributed by atoms with Gasteiger partial charge in [-0.05, 0) is 37.0 Å². The molecule has 0 aromatic carbocycles. The monoisotopic (exact) mass is 266 g/mol. The van der Waals surface area contributed by atoms with Crippen LogP contribution in [0.3, 0.4) is 0 Å². The number of halogens is 1. The number of aromatic amines is 1. The summed E-state index contributed by atoms with van der Waals surface area (Å²) in [6, 6.07) is 4.14. The van der Waals surface area contributed by atoms with Crippen LogP contribution in [-0.2, 0) is 6.42 Å². The molecule has 0 spiro atoms. The normalized spacial score (nSPS) is 11.0. The quantitative estimate of drug-likeness (QED) is 0.649. The maximum atomic E-state index is 4.28. The summed E-state index contributed by atoms with van der Waals surface area (Å²) in [5.41, 5.74) is 2.40. The second kappa shape index (κ2) is 5.31. The number of nitrogens with zero attached hydrogens (tertiary/aromatic N) is 1. The molecule has 2 heterocycles. The lowest BCUT2D eigenvalue weighted by Gasteiger charge is -1.98. The number of pyridine rings is 1. The van der Waals surface area contributed by atoms with E-state index in [4.69, 9.17) is 0 Å². The minimum atomic E-state index is 1.01. The largest absolute Gasteiger partial charge is 0.346 e. The fraction of sp³-hybridized carbons (Fsp3) is 0.417. The number of unbranched alkanes of at least 4 members (excludes halogenated alkanes) is 2. The Hall–Kier alpha value is -0.830. The van der Waals surface area contributed by atoms with Crippen molar-refractivity contribution in [1.29, 1.82) is 0 Å². The summed E-state index contributed by atoms with van der Waals surface area (Å²) in [6.45, 7) is 0. The molecule has 0 bridgehead atoms. The Morgan fingerprint density at radius 2 is 2.20 bits per heavy atom. The molecule has 0 saturated heterocycles. The standard InChI is InChI=1S/C12H15BrN2/c13-7-3-1-2-5-10-9-15-12-11(10)6-4-8-14-12/h4,6,8-9H,1-3,5,7H2,(H,14,15). The van der Waals surface area contributed by atoms with E-state index in [2.05, 4.69) is 38.2 Å². The second-order valence-corrected chi connectivity index (χ2v) is 4.51. The molecule has 1 N–H and O–H groups in total. The van der Waals surface area contributed by atoms with Gasteiger partial charge in [0, 0.05) is 23.1 Å². The Kier molecular flexibility index (Phi) is 3.78. The number of aromatic nitrogens is 2. The van der Waals surface area contributed by atoms with E-state index >= 15 is 0 Å². The predicted octanol–water partition coefficient (Wildman–Crippen LogP) is 3.67. The van der Waals surface area contributed by atoms with E-state index in [1.807, 2.05) is 12.3 Å². The summed E-state index contributed by atoms with van der Waals surface area (Å²) in [4.78, 5) is 7.49. The van der Waals surface area contributed by atoms with Gasteiger partial charge in [0.25, 0.3) is 0 Å². The van der Waals surface area contributed by atoms with E-state index in [1.165, 1.54) is 30.2 Å². The molecule has 15 heavy (non-hydrogen) atoms. The zero-order valence-electron chi connectivity index (χ0n) is 8.67. The summed E-state index contributed by atoms with van der Waals surface area (Å²) in [5, 5.41) is 2.39. The first-order valence-electron chi connectivity index (χ1n) is 5.39. The van der Waals surface area contributed by atoms with Gasteiger partial charge in [-0.15, -0.1) is 0 Å². The number of fused-ring (bicyclic) bond motifs is 1. The van der Waals surface area contributed by atoms with Crippen LogP contribution in [0.1, 0.15) is 24.8 Å². The molecule has 2 aromatic rings. The molecular formula is C12H15BrN2. The highest BCUT2D eigenvalue weighted by Gasteiger charge is 2.02. The van der Waals surface area contributed by atoms with Gasteiger partial charge in [0.2, 0.25) is 0 Å². The van der Waals surface area contributed by atoms with Gasteiger partial charge in [-0.3, -0.25) is 0 Å². The Morgan fingerprint density at radius 1 is 1.27 bits per heavy atom. The lowest BCUT2D eigenvalue weighted by molar-refractivity contribution is 0.726. The summed E-state index contributed by atoms with van der Waals surface area (Å²) in [7, 11) is 0. The Balaban J connectivity index is 2.02. The van der Waals surface area contributed by atoms with Crippen LogP contribution in [0.5, 0.6) is 0 Å². The molecule has 0 saturated carbocycles. The van der Waals surface area contributed by atoms with E-state index < -0.39 is 0 Å². The van der Waals surface area contributed by atoms with Crippen molar-refractivity contribution in [2.24, 2.45) is 0 Å². The minimum Gasteiger partial charge on any atom is -0.346 e. The first-order chi connectivity index (χ1) is 7.42. The topological polar surface area (TPSA) is 28.7 Å². The van der Waals surface area contributed by atoms with Crippen molar-refractivity contribution in [3.05, 3.63) is 30.1 Å². The fourth-order valence-corrected chi connectivity index (χ4v) is 2.20. The van der Waals surface area contributed by atoms with Gasteiger partial charge in [0.05, 0.1) is 0 Å². The smallest absolute Gasteiger partial charge is 0.137 e. The molecule has 3 heteroatoms. The van der Waals surface area contributed by atoms with Crippen LogP contribution < -0.4 is 0 Å². The van der Waals surface area contributed by atoms with Crippen molar-refractivity contribution in [3.63, 3.8) is 0 Å². The zero-order valence-corrected chi connectivity index (χ0v) is 10.3. The van der Waals surface area contributed by atoms with Crippen LogP contribution in [0.15, 0.2) is 24.5 Å². The van der Waals surface area contributed by atoms with Crippen molar-refractivity contribution >= 4 is 27.0 Å². The lowest BCUT2D eigenvalue weighted by Crippen LogP contribution is -1.84. The van der Waals surface area contributed by atoms with Crippen LogP contribution in [0.4, 0.5) is 0 Å². The van der Waals surface area contributed by atoms with Crippen LogP contribution in [-0.4, -0.2) is 15.3 Å². The molecule has 0 fully saturated rings. The predicted molar refractivity (Wildman–Crippen MR) is 67.4 cm³/mol. The minimum absolute atomic E-state index is 1.01. The SMILES string of the molecule is BrCCCCCc1c[nH]c2ncccc12. The number of H-pyrrole nitrogens is 1. The maximum Gasteiger partial charge on any atom is 0.137 e. The van der Waals surface area contributed by atoms with Crippen LogP contribution in [0.2, 0.25) is 0 Å². The Morgan fingerprint density at radius 3 is 3.07 bits per heavy atom. The molecule has 2 nitrogen and oxygen atoms in total. The van der Waals surface area contributed by atoms with Gasteiger partial charge in [-0.25, -0.2) is 4.98 Å². The molecule has 0 aliphatic heterocycles.